The molecule has 5 nitrogen and oxygen atoms in total. The van der Waals surface area contributed by atoms with Crippen molar-refractivity contribution < 1.29 is 14.3 Å². The molecule has 5 heteroatoms. The van der Waals surface area contributed by atoms with E-state index in [2.05, 4.69) is 12.2 Å². The van der Waals surface area contributed by atoms with Crippen LogP contribution in [0, 0.1) is 0 Å². The first-order valence-corrected chi connectivity index (χ1v) is 6.83. The SMILES string of the molecule is CCCC(C)NC(=O)COC1(CN)CCCOC1. The van der Waals surface area contributed by atoms with Crippen LogP contribution in [0.15, 0.2) is 0 Å². The molecule has 0 aromatic rings. The van der Waals surface area contributed by atoms with Gasteiger partial charge in [-0.1, -0.05) is 13.3 Å². The molecule has 1 rings (SSSR count). The number of hydrogen-bond donors (Lipinski definition) is 2. The molecular weight excluding hydrogens is 232 g/mol. The van der Waals surface area contributed by atoms with Crippen LogP contribution in [-0.4, -0.2) is 43.9 Å². The fraction of sp³-hybridized carbons (Fsp3) is 0.923. The molecule has 2 unspecified atom stereocenters. The Morgan fingerprint density at radius 3 is 2.94 bits per heavy atom. The summed E-state index contributed by atoms with van der Waals surface area (Å²) >= 11 is 0. The number of nitrogens with two attached hydrogens (primary N) is 1. The van der Waals surface area contributed by atoms with E-state index in [1.807, 2.05) is 6.92 Å². The minimum Gasteiger partial charge on any atom is -0.378 e. The zero-order valence-electron chi connectivity index (χ0n) is 11.5. The van der Waals surface area contributed by atoms with Crippen LogP contribution in [0.1, 0.15) is 39.5 Å². The summed E-state index contributed by atoms with van der Waals surface area (Å²) in [5.41, 5.74) is 5.27. The molecule has 0 aromatic heterocycles. The van der Waals surface area contributed by atoms with E-state index in [0.29, 0.717) is 13.2 Å². The average molecular weight is 258 g/mol. The highest BCUT2D eigenvalue weighted by molar-refractivity contribution is 5.77. The van der Waals surface area contributed by atoms with Crippen LogP contribution in [0.4, 0.5) is 0 Å². The maximum absolute atomic E-state index is 11.7. The second-order valence-electron chi connectivity index (χ2n) is 5.09. The minimum atomic E-state index is -0.469. The molecule has 0 radical (unpaired) electrons. The van der Waals surface area contributed by atoms with Crippen LogP contribution in [0.2, 0.25) is 0 Å². The molecule has 0 bridgehead atoms. The molecule has 1 aliphatic rings. The predicted molar refractivity (Wildman–Crippen MR) is 70.3 cm³/mol. The summed E-state index contributed by atoms with van der Waals surface area (Å²) in [6.07, 6.45) is 3.84. The molecule has 0 saturated carbocycles. The quantitative estimate of drug-likeness (QED) is 0.709. The van der Waals surface area contributed by atoms with E-state index >= 15 is 0 Å². The Bertz CT molecular complexity index is 253. The summed E-state index contributed by atoms with van der Waals surface area (Å²) in [4.78, 5) is 11.7. The van der Waals surface area contributed by atoms with Crippen LogP contribution in [-0.2, 0) is 14.3 Å². The normalized spacial score (nSPS) is 25.7. The van der Waals surface area contributed by atoms with Crippen molar-refractivity contribution in [2.75, 3.05) is 26.4 Å². The van der Waals surface area contributed by atoms with Gasteiger partial charge in [-0.05, 0) is 26.2 Å². The number of ether oxygens (including phenoxy) is 2. The Morgan fingerprint density at radius 1 is 1.61 bits per heavy atom. The Balaban J connectivity index is 2.31. The maximum Gasteiger partial charge on any atom is 0.246 e. The van der Waals surface area contributed by atoms with Gasteiger partial charge in [0.05, 0.1) is 6.61 Å². The van der Waals surface area contributed by atoms with Crippen molar-refractivity contribution in [3.63, 3.8) is 0 Å². The summed E-state index contributed by atoms with van der Waals surface area (Å²) in [5, 5.41) is 2.92. The molecule has 1 aliphatic heterocycles. The van der Waals surface area contributed by atoms with Crippen molar-refractivity contribution in [2.24, 2.45) is 5.73 Å². The Morgan fingerprint density at radius 2 is 2.39 bits per heavy atom. The van der Waals surface area contributed by atoms with Gasteiger partial charge in [-0.2, -0.15) is 0 Å². The van der Waals surface area contributed by atoms with E-state index in [4.69, 9.17) is 15.2 Å². The lowest BCUT2D eigenvalue weighted by Gasteiger charge is -2.35. The molecule has 1 fully saturated rings. The van der Waals surface area contributed by atoms with Crippen LogP contribution in [0.25, 0.3) is 0 Å². The van der Waals surface area contributed by atoms with Crippen LogP contribution < -0.4 is 11.1 Å². The molecule has 1 heterocycles. The lowest BCUT2D eigenvalue weighted by molar-refractivity contribution is -0.147. The highest BCUT2D eigenvalue weighted by Gasteiger charge is 2.33. The molecule has 0 aliphatic carbocycles. The number of amides is 1. The topological polar surface area (TPSA) is 73.6 Å². The predicted octanol–water partition coefficient (Wildman–Crippen LogP) is 0.816. The van der Waals surface area contributed by atoms with Crippen molar-refractivity contribution in [3.05, 3.63) is 0 Å². The fourth-order valence-electron chi connectivity index (χ4n) is 2.20. The first kappa shape index (κ1) is 15.4. The van der Waals surface area contributed by atoms with Crippen molar-refractivity contribution in [3.8, 4) is 0 Å². The van der Waals surface area contributed by atoms with Crippen LogP contribution in [0.3, 0.4) is 0 Å². The highest BCUT2D eigenvalue weighted by Crippen LogP contribution is 2.22. The lowest BCUT2D eigenvalue weighted by Crippen LogP contribution is -2.49. The molecule has 3 N–H and O–H groups in total. The van der Waals surface area contributed by atoms with E-state index < -0.39 is 5.60 Å². The third-order valence-electron chi connectivity index (χ3n) is 3.30. The Hall–Kier alpha value is -0.650. The second-order valence-corrected chi connectivity index (χ2v) is 5.09. The third kappa shape index (κ3) is 4.92. The standard InChI is InChI=1S/C13H26N2O3/c1-3-5-11(2)15-12(16)8-18-13(9-14)6-4-7-17-10-13/h11H,3-10,14H2,1-2H3,(H,15,16). The van der Waals surface area contributed by atoms with Gasteiger partial charge in [-0.3, -0.25) is 4.79 Å². The van der Waals surface area contributed by atoms with Gasteiger partial charge in [0, 0.05) is 19.2 Å². The highest BCUT2D eigenvalue weighted by atomic mass is 16.5. The van der Waals surface area contributed by atoms with Gasteiger partial charge in [0.25, 0.3) is 0 Å². The molecule has 18 heavy (non-hydrogen) atoms. The largest absolute Gasteiger partial charge is 0.378 e. The zero-order chi connectivity index (χ0) is 13.4. The van der Waals surface area contributed by atoms with Crippen molar-refractivity contribution in [1.29, 1.82) is 0 Å². The molecule has 106 valence electrons. The van der Waals surface area contributed by atoms with Crippen molar-refractivity contribution in [2.45, 2.75) is 51.2 Å². The summed E-state index contributed by atoms with van der Waals surface area (Å²) in [6, 6.07) is 0.197. The lowest BCUT2D eigenvalue weighted by atomic mass is 9.96. The van der Waals surface area contributed by atoms with Gasteiger partial charge in [0.1, 0.15) is 12.2 Å². The second kappa shape index (κ2) is 7.71. The average Bonchev–Trinajstić information content (AvgIpc) is 2.38. The minimum absolute atomic E-state index is 0.0641. The molecule has 0 spiro atoms. The first-order chi connectivity index (χ1) is 8.62. The Kier molecular flexibility index (Phi) is 6.60. The fourth-order valence-corrected chi connectivity index (χ4v) is 2.20. The number of rotatable bonds is 7. The van der Waals surface area contributed by atoms with Gasteiger partial charge in [0.15, 0.2) is 0 Å². The molecule has 0 aromatic carbocycles. The number of carbonyl (C=O) groups is 1. The van der Waals surface area contributed by atoms with Gasteiger partial charge in [0.2, 0.25) is 5.91 Å². The van der Waals surface area contributed by atoms with Crippen molar-refractivity contribution >= 4 is 5.91 Å². The molecule has 1 amide bonds. The van der Waals surface area contributed by atoms with E-state index in [9.17, 15) is 4.79 Å². The smallest absolute Gasteiger partial charge is 0.246 e. The van der Waals surface area contributed by atoms with E-state index in [0.717, 1.165) is 32.3 Å². The molecule has 1 saturated heterocycles. The Labute approximate surface area is 109 Å². The van der Waals surface area contributed by atoms with Gasteiger partial charge in [-0.25, -0.2) is 0 Å². The van der Waals surface area contributed by atoms with E-state index in [1.165, 1.54) is 0 Å². The van der Waals surface area contributed by atoms with Crippen LogP contribution in [0.5, 0.6) is 0 Å². The van der Waals surface area contributed by atoms with Crippen molar-refractivity contribution in [1.82, 2.24) is 5.32 Å². The van der Waals surface area contributed by atoms with Gasteiger partial charge < -0.3 is 20.5 Å². The van der Waals surface area contributed by atoms with Crippen LogP contribution >= 0.6 is 0 Å². The summed E-state index contributed by atoms with van der Waals surface area (Å²) in [5.74, 6) is -0.0747. The maximum atomic E-state index is 11.7. The number of hydrogen-bond acceptors (Lipinski definition) is 4. The molecule has 2 atom stereocenters. The number of nitrogens with one attached hydrogen (secondary N) is 1. The number of carbonyl (C=O) groups excluding carboxylic acids is 1. The van der Waals surface area contributed by atoms with E-state index in [1.54, 1.807) is 0 Å². The van der Waals surface area contributed by atoms with Gasteiger partial charge in [-0.15, -0.1) is 0 Å². The monoisotopic (exact) mass is 258 g/mol. The summed E-state index contributed by atoms with van der Waals surface area (Å²) in [7, 11) is 0. The first-order valence-electron chi connectivity index (χ1n) is 6.83. The summed E-state index contributed by atoms with van der Waals surface area (Å²) < 4.78 is 11.1. The zero-order valence-corrected chi connectivity index (χ0v) is 11.5. The van der Waals surface area contributed by atoms with E-state index in [-0.39, 0.29) is 18.6 Å². The molecular formula is C13H26N2O3. The summed E-state index contributed by atoms with van der Waals surface area (Å²) in [6.45, 7) is 5.80. The van der Waals surface area contributed by atoms with Gasteiger partial charge >= 0.3 is 0 Å². The third-order valence-corrected chi connectivity index (χ3v) is 3.30.